The average Bonchev–Trinajstić information content (AvgIpc) is 2.47. The van der Waals surface area contributed by atoms with E-state index in [0.29, 0.717) is 24.7 Å². The zero-order valence-electron chi connectivity index (χ0n) is 13.6. The zero-order chi connectivity index (χ0) is 15.9. The van der Waals surface area contributed by atoms with Crippen molar-refractivity contribution in [1.82, 2.24) is 0 Å². The first kappa shape index (κ1) is 20.0. The van der Waals surface area contributed by atoms with Gasteiger partial charge in [0, 0.05) is 23.1 Å². The first-order chi connectivity index (χ1) is 10.1. The lowest BCUT2D eigenvalue weighted by Crippen LogP contribution is -2.14. The molecule has 0 rings (SSSR count). The number of aliphatic imine (C=N–C) groups is 1. The molecule has 120 valence electrons. The number of rotatable bonds is 12. The Morgan fingerprint density at radius 3 is 2.81 bits per heavy atom. The van der Waals surface area contributed by atoms with E-state index < -0.39 is 0 Å². The second-order valence-electron chi connectivity index (χ2n) is 4.89. The summed E-state index contributed by atoms with van der Waals surface area (Å²) in [5.41, 5.74) is 0. The van der Waals surface area contributed by atoms with E-state index in [1.165, 1.54) is 12.8 Å². The minimum Gasteiger partial charge on any atom is -0.465 e. The number of hydrogen-bond donors (Lipinski definition) is 0. The molecular formula is C17H29NO2S. The number of ether oxygens (including phenoxy) is 1. The van der Waals surface area contributed by atoms with Crippen LogP contribution < -0.4 is 0 Å². The second kappa shape index (κ2) is 13.9. The summed E-state index contributed by atoms with van der Waals surface area (Å²) >= 11 is 1.55. The van der Waals surface area contributed by atoms with Gasteiger partial charge in [-0.2, -0.15) is 0 Å². The minimum atomic E-state index is -0.110. The fourth-order valence-corrected chi connectivity index (χ4v) is 2.39. The van der Waals surface area contributed by atoms with Crippen molar-refractivity contribution in [2.24, 2.45) is 10.9 Å². The van der Waals surface area contributed by atoms with Crippen LogP contribution in [0.1, 0.15) is 52.9 Å². The second-order valence-corrected chi connectivity index (χ2v) is 6.11. The van der Waals surface area contributed by atoms with E-state index in [1.807, 2.05) is 13.0 Å². The maximum atomic E-state index is 11.7. The summed E-state index contributed by atoms with van der Waals surface area (Å²) < 4.78 is 5.35. The van der Waals surface area contributed by atoms with Gasteiger partial charge in [-0.05, 0) is 25.3 Å². The SMILES string of the molecule is C=C(/C=C\N=C/C)SCCC(=O)OCC(CC)CCCC. The van der Waals surface area contributed by atoms with Crippen LogP contribution in [0, 0.1) is 5.92 Å². The van der Waals surface area contributed by atoms with Crippen molar-refractivity contribution < 1.29 is 9.53 Å². The molecule has 0 bridgehead atoms. The highest BCUT2D eigenvalue weighted by Gasteiger charge is 2.09. The van der Waals surface area contributed by atoms with E-state index in [1.54, 1.807) is 24.2 Å². The third-order valence-electron chi connectivity index (χ3n) is 3.11. The molecule has 0 amide bonds. The van der Waals surface area contributed by atoms with E-state index >= 15 is 0 Å². The van der Waals surface area contributed by atoms with Gasteiger partial charge in [-0.15, -0.1) is 11.8 Å². The lowest BCUT2D eigenvalue weighted by molar-refractivity contribution is -0.144. The number of carbonyl (C=O) groups is 1. The van der Waals surface area contributed by atoms with Crippen molar-refractivity contribution in [3.05, 3.63) is 23.8 Å². The molecular weight excluding hydrogens is 282 g/mol. The molecule has 3 nitrogen and oxygen atoms in total. The van der Waals surface area contributed by atoms with Gasteiger partial charge in [0.2, 0.25) is 0 Å². The molecule has 0 aromatic carbocycles. The fraction of sp³-hybridized carbons (Fsp3) is 0.647. The lowest BCUT2D eigenvalue weighted by Gasteiger charge is -2.14. The van der Waals surface area contributed by atoms with Gasteiger partial charge in [-0.1, -0.05) is 39.7 Å². The van der Waals surface area contributed by atoms with Crippen LogP contribution in [-0.4, -0.2) is 24.5 Å². The first-order valence-corrected chi connectivity index (χ1v) is 8.74. The molecule has 21 heavy (non-hydrogen) atoms. The van der Waals surface area contributed by atoms with Gasteiger partial charge >= 0.3 is 5.97 Å². The number of hydrogen-bond acceptors (Lipinski definition) is 4. The Hall–Kier alpha value is -1.03. The molecule has 0 aromatic heterocycles. The Kier molecular flexibility index (Phi) is 13.2. The molecule has 4 heteroatoms. The molecule has 0 spiro atoms. The third kappa shape index (κ3) is 12.4. The molecule has 0 aliphatic carbocycles. The van der Waals surface area contributed by atoms with Gasteiger partial charge in [0.25, 0.3) is 0 Å². The molecule has 0 saturated carbocycles. The largest absolute Gasteiger partial charge is 0.465 e. The van der Waals surface area contributed by atoms with Crippen LogP contribution in [-0.2, 0) is 9.53 Å². The highest BCUT2D eigenvalue weighted by atomic mass is 32.2. The van der Waals surface area contributed by atoms with Crippen molar-refractivity contribution in [2.75, 3.05) is 12.4 Å². The van der Waals surface area contributed by atoms with Crippen LogP contribution >= 0.6 is 11.8 Å². The third-order valence-corrected chi connectivity index (χ3v) is 4.03. The molecule has 0 N–H and O–H groups in total. The highest BCUT2D eigenvalue weighted by Crippen LogP contribution is 2.17. The first-order valence-electron chi connectivity index (χ1n) is 7.75. The summed E-state index contributed by atoms with van der Waals surface area (Å²) in [6, 6.07) is 0. The van der Waals surface area contributed by atoms with Gasteiger partial charge in [0.1, 0.15) is 0 Å². The normalized spacial score (nSPS) is 12.9. The van der Waals surface area contributed by atoms with E-state index in [-0.39, 0.29) is 5.97 Å². The lowest BCUT2D eigenvalue weighted by atomic mass is 10.0. The van der Waals surface area contributed by atoms with E-state index in [2.05, 4.69) is 25.4 Å². The van der Waals surface area contributed by atoms with Crippen LogP contribution in [0.15, 0.2) is 28.8 Å². The van der Waals surface area contributed by atoms with Crippen LogP contribution in [0.4, 0.5) is 0 Å². The Morgan fingerprint density at radius 1 is 1.43 bits per heavy atom. The monoisotopic (exact) mass is 311 g/mol. The van der Waals surface area contributed by atoms with Gasteiger partial charge in [0.15, 0.2) is 0 Å². The molecule has 0 heterocycles. The quantitative estimate of drug-likeness (QED) is 0.289. The molecule has 0 aliphatic rings. The summed E-state index contributed by atoms with van der Waals surface area (Å²) in [6.45, 7) is 10.7. The molecule has 0 radical (unpaired) electrons. The number of nitrogens with zero attached hydrogens (tertiary/aromatic N) is 1. The minimum absolute atomic E-state index is 0.110. The summed E-state index contributed by atoms with van der Waals surface area (Å²) in [7, 11) is 0. The average molecular weight is 311 g/mol. The van der Waals surface area contributed by atoms with Crippen molar-refractivity contribution in [2.45, 2.75) is 52.9 Å². The summed E-state index contributed by atoms with van der Waals surface area (Å²) in [5.74, 6) is 1.09. The zero-order valence-corrected chi connectivity index (χ0v) is 14.5. The maximum Gasteiger partial charge on any atom is 0.306 e. The maximum absolute atomic E-state index is 11.7. The topological polar surface area (TPSA) is 38.7 Å². The summed E-state index contributed by atoms with van der Waals surface area (Å²) in [4.78, 5) is 16.5. The van der Waals surface area contributed by atoms with E-state index in [4.69, 9.17) is 4.74 Å². The molecule has 1 unspecified atom stereocenters. The van der Waals surface area contributed by atoms with Crippen molar-refractivity contribution in [3.8, 4) is 0 Å². The molecule has 0 saturated heterocycles. The standard InChI is InChI=1S/C17H29NO2S/c1-5-8-9-16(6-2)14-20-17(19)11-13-21-15(4)10-12-18-7-3/h7,10,12,16H,4-6,8-9,11,13-14H2,1-3H3/b12-10-,18-7-. The summed E-state index contributed by atoms with van der Waals surface area (Å²) in [6.07, 6.45) is 10.3. The van der Waals surface area contributed by atoms with Crippen LogP contribution in [0.25, 0.3) is 0 Å². The number of thioether (sulfide) groups is 1. The van der Waals surface area contributed by atoms with Gasteiger partial charge in [-0.25, -0.2) is 0 Å². The Labute approximate surface area is 133 Å². The molecule has 0 aromatic rings. The summed E-state index contributed by atoms with van der Waals surface area (Å²) in [5, 5.41) is 0. The van der Waals surface area contributed by atoms with Gasteiger partial charge in [0.05, 0.1) is 13.0 Å². The van der Waals surface area contributed by atoms with Crippen LogP contribution in [0.2, 0.25) is 0 Å². The highest BCUT2D eigenvalue weighted by molar-refractivity contribution is 8.03. The van der Waals surface area contributed by atoms with Gasteiger partial charge < -0.3 is 4.74 Å². The smallest absolute Gasteiger partial charge is 0.306 e. The Balaban J connectivity index is 3.77. The van der Waals surface area contributed by atoms with Gasteiger partial charge in [-0.3, -0.25) is 9.79 Å². The Morgan fingerprint density at radius 2 is 2.19 bits per heavy atom. The fourth-order valence-electron chi connectivity index (χ4n) is 1.71. The molecule has 0 fully saturated rings. The predicted octanol–water partition coefficient (Wildman–Crippen LogP) is 4.99. The van der Waals surface area contributed by atoms with Crippen LogP contribution in [0.5, 0.6) is 0 Å². The molecule has 0 aliphatic heterocycles. The Bertz CT molecular complexity index is 351. The number of esters is 1. The predicted molar refractivity (Wildman–Crippen MR) is 93.8 cm³/mol. The number of carbonyl (C=O) groups excluding carboxylic acids is 1. The van der Waals surface area contributed by atoms with Crippen molar-refractivity contribution in [3.63, 3.8) is 0 Å². The van der Waals surface area contributed by atoms with Crippen molar-refractivity contribution in [1.29, 1.82) is 0 Å². The van der Waals surface area contributed by atoms with Crippen LogP contribution in [0.3, 0.4) is 0 Å². The number of allylic oxidation sites excluding steroid dienone is 1. The molecule has 1 atom stereocenters. The number of unbranched alkanes of at least 4 members (excludes halogenated alkanes) is 1. The van der Waals surface area contributed by atoms with Crippen molar-refractivity contribution >= 4 is 23.9 Å². The van der Waals surface area contributed by atoms with E-state index in [9.17, 15) is 4.79 Å². The van der Waals surface area contributed by atoms with E-state index in [0.717, 1.165) is 17.7 Å².